The fourth-order valence-corrected chi connectivity index (χ4v) is 3.29. The first-order chi connectivity index (χ1) is 12.9. The number of methoxy groups -OCH3 is 2. The van der Waals surface area contributed by atoms with Gasteiger partial charge in [-0.25, -0.2) is 0 Å². The molecule has 0 amide bonds. The molecule has 0 aromatic heterocycles. The van der Waals surface area contributed by atoms with Crippen LogP contribution in [0.1, 0.15) is 27.0 Å². The van der Waals surface area contributed by atoms with Crippen molar-refractivity contribution in [2.24, 2.45) is 0 Å². The predicted octanol–water partition coefficient (Wildman–Crippen LogP) is 4.23. The van der Waals surface area contributed by atoms with Crippen molar-refractivity contribution in [2.75, 3.05) is 20.0 Å². The molecule has 0 saturated heterocycles. The second kappa shape index (κ2) is 9.83. The van der Waals surface area contributed by atoms with Gasteiger partial charge in [0, 0.05) is 16.9 Å². The van der Waals surface area contributed by atoms with Crippen LogP contribution in [0.25, 0.3) is 6.08 Å². The van der Waals surface area contributed by atoms with E-state index >= 15 is 0 Å². The predicted molar refractivity (Wildman–Crippen MR) is 108 cm³/mol. The topological polar surface area (TPSA) is 72.8 Å². The SMILES string of the molecule is COc1ccc(/C=C/C(=O)c2ccc(OC)c(CSCC(=O)O)c2)cc1C. The standard InChI is InChI=1S/C21H22O5S/c1-14-10-15(5-8-19(14)25-2)4-7-18(22)16-6-9-20(26-3)17(11-16)12-27-13-21(23)24/h4-11H,12-13H2,1-3H3,(H,23,24)/b7-4+. The molecule has 2 aromatic carbocycles. The number of aliphatic carboxylic acids is 1. The maximum absolute atomic E-state index is 12.5. The number of aryl methyl sites for hydroxylation is 1. The van der Waals surface area contributed by atoms with Crippen molar-refractivity contribution < 1.29 is 24.2 Å². The molecule has 27 heavy (non-hydrogen) atoms. The van der Waals surface area contributed by atoms with Gasteiger partial charge in [-0.2, -0.15) is 0 Å². The minimum Gasteiger partial charge on any atom is -0.496 e. The number of carboxylic acids is 1. The lowest BCUT2D eigenvalue weighted by molar-refractivity contribution is -0.133. The van der Waals surface area contributed by atoms with Crippen LogP contribution >= 0.6 is 11.8 Å². The molecule has 142 valence electrons. The molecule has 0 atom stereocenters. The van der Waals surface area contributed by atoms with E-state index < -0.39 is 5.97 Å². The van der Waals surface area contributed by atoms with Gasteiger partial charge in [0.25, 0.3) is 0 Å². The van der Waals surface area contributed by atoms with E-state index in [9.17, 15) is 9.59 Å². The van der Waals surface area contributed by atoms with E-state index in [0.717, 1.165) is 22.4 Å². The zero-order valence-electron chi connectivity index (χ0n) is 15.5. The highest BCUT2D eigenvalue weighted by atomic mass is 32.2. The lowest BCUT2D eigenvalue weighted by Crippen LogP contribution is -2.01. The van der Waals surface area contributed by atoms with E-state index in [-0.39, 0.29) is 11.5 Å². The number of carbonyl (C=O) groups excluding carboxylic acids is 1. The summed E-state index contributed by atoms with van der Waals surface area (Å²) in [6, 6.07) is 10.9. The molecule has 0 fully saturated rings. The van der Waals surface area contributed by atoms with Gasteiger partial charge in [0.05, 0.1) is 20.0 Å². The fourth-order valence-electron chi connectivity index (χ4n) is 2.57. The van der Waals surface area contributed by atoms with Gasteiger partial charge in [-0.15, -0.1) is 11.8 Å². The molecule has 2 rings (SSSR count). The van der Waals surface area contributed by atoms with Crippen LogP contribution in [0.2, 0.25) is 0 Å². The van der Waals surface area contributed by atoms with Gasteiger partial charge in [0.15, 0.2) is 5.78 Å². The van der Waals surface area contributed by atoms with Crippen LogP contribution < -0.4 is 9.47 Å². The number of rotatable bonds is 9. The van der Waals surface area contributed by atoms with E-state index in [2.05, 4.69) is 0 Å². The zero-order chi connectivity index (χ0) is 19.8. The van der Waals surface area contributed by atoms with Gasteiger partial charge < -0.3 is 14.6 Å². The first-order valence-corrected chi connectivity index (χ1v) is 9.43. The third-order valence-electron chi connectivity index (χ3n) is 3.89. The van der Waals surface area contributed by atoms with Crippen LogP contribution in [0.3, 0.4) is 0 Å². The summed E-state index contributed by atoms with van der Waals surface area (Å²) in [6.07, 6.45) is 3.29. The quantitative estimate of drug-likeness (QED) is 0.514. The summed E-state index contributed by atoms with van der Waals surface area (Å²) in [5.74, 6) is 0.895. The molecule has 0 heterocycles. The van der Waals surface area contributed by atoms with E-state index in [1.54, 1.807) is 38.5 Å². The highest BCUT2D eigenvalue weighted by Gasteiger charge is 2.10. The Morgan fingerprint density at radius 2 is 1.78 bits per heavy atom. The van der Waals surface area contributed by atoms with Gasteiger partial charge >= 0.3 is 5.97 Å². The lowest BCUT2D eigenvalue weighted by atomic mass is 10.0. The monoisotopic (exact) mass is 386 g/mol. The van der Waals surface area contributed by atoms with Gasteiger partial charge in [-0.05, 0) is 54.5 Å². The summed E-state index contributed by atoms with van der Waals surface area (Å²) in [5.41, 5.74) is 3.23. The van der Waals surface area contributed by atoms with E-state index in [1.165, 1.54) is 17.8 Å². The van der Waals surface area contributed by atoms with Crippen molar-refractivity contribution in [2.45, 2.75) is 12.7 Å². The average Bonchev–Trinajstić information content (AvgIpc) is 2.65. The minimum atomic E-state index is -0.871. The normalized spacial score (nSPS) is 10.8. The largest absolute Gasteiger partial charge is 0.496 e. The van der Waals surface area contributed by atoms with Gasteiger partial charge in [-0.3, -0.25) is 9.59 Å². The smallest absolute Gasteiger partial charge is 0.313 e. The number of hydrogen-bond donors (Lipinski definition) is 1. The second-order valence-corrected chi connectivity index (χ2v) is 6.83. The van der Waals surface area contributed by atoms with Crippen LogP contribution in [-0.4, -0.2) is 36.8 Å². The summed E-state index contributed by atoms with van der Waals surface area (Å²) >= 11 is 1.26. The van der Waals surface area contributed by atoms with Crippen LogP contribution in [0, 0.1) is 6.92 Å². The maximum Gasteiger partial charge on any atom is 0.313 e. The number of thioether (sulfide) groups is 1. The maximum atomic E-state index is 12.5. The summed E-state index contributed by atoms with van der Waals surface area (Å²) in [7, 11) is 3.17. The van der Waals surface area contributed by atoms with Crippen molar-refractivity contribution in [3.63, 3.8) is 0 Å². The van der Waals surface area contributed by atoms with Gasteiger partial charge in [0.2, 0.25) is 0 Å². The summed E-state index contributed by atoms with van der Waals surface area (Å²) in [4.78, 5) is 23.2. The number of allylic oxidation sites excluding steroid dienone is 1. The Labute approximate surface area is 163 Å². The second-order valence-electron chi connectivity index (χ2n) is 5.84. The molecule has 0 bridgehead atoms. The molecule has 0 spiro atoms. The molecule has 0 saturated carbocycles. The summed E-state index contributed by atoms with van der Waals surface area (Å²) in [6.45, 7) is 1.95. The molecule has 6 heteroatoms. The van der Waals surface area contributed by atoms with Crippen molar-refractivity contribution in [3.05, 3.63) is 64.7 Å². The zero-order valence-corrected chi connectivity index (χ0v) is 16.3. The van der Waals surface area contributed by atoms with E-state index in [4.69, 9.17) is 14.6 Å². The Kier molecular flexibility index (Phi) is 7.49. The van der Waals surface area contributed by atoms with Gasteiger partial charge in [-0.1, -0.05) is 12.1 Å². The molecule has 0 unspecified atom stereocenters. The lowest BCUT2D eigenvalue weighted by Gasteiger charge is -2.09. The third-order valence-corrected chi connectivity index (χ3v) is 4.86. The summed E-state index contributed by atoms with van der Waals surface area (Å²) < 4.78 is 10.5. The van der Waals surface area contributed by atoms with Gasteiger partial charge in [0.1, 0.15) is 11.5 Å². The summed E-state index contributed by atoms with van der Waals surface area (Å²) in [5, 5.41) is 8.77. The molecule has 1 N–H and O–H groups in total. The van der Waals surface area contributed by atoms with Crippen LogP contribution in [0.4, 0.5) is 0 Å². The average molecular weight is 386 g/mol. The third kappa shape index (κ3) is 5.89. The molecule has 2 aromatic rings. The van der Waals surface area contributed by atoms with Crippen LogP contribution in [0.5, 0.6) is 11.5 Å². The molecule has 0 aliphatic carbocycles. The van der Waals surface area contributed by atoms with Crippen molar-refractivity contribution in [1.29, 1.82) is 0 Å². The number of benzene rings is 2. The molecule has 0 aliphatic heterocycles. The number of carbonyl (C=O) groups is 2. The van der Waals surface area contributed by atoms with E-state index in [1.807, 2.05) is 25.1 Å². The molecule has 0 radical (unpaired) electrons. The molecule has 0 aliphatic rings. The first kappa shape index (κ1) is 20.6. The van der Waals surface area contributed by atoms with Crippen LogP contribution in [0.15, 0.2) is 42.5 Å². The van der Waals surface area contributed by atoms with Crippen LogP contribution in [-0.2, 0) is 10.5 Å². The van der Waals surface area contributed by atoms with Crippen molar-refractivity contribution in [1.82, 2.24) is 0 Å². The number of ether oxygens (including phenoxy) is 2. The highest BCUT2D eigenvalue weighted by molar-refractivity contribution is 7.99. The minimum absolute atomic E-state index is 0.00193. The van der Waals surface area contributed by atoms with Crippen molar-refractivity contribution in [3.8, 4) is 11.5 Å². The Bertz CT molecular complexity index is 858. The Balaban J connectivity index is 2.15. The molecule has 5 nitrogen and oxygen atoms in total. The highest BCUT2D eigenvalue weighted by Crippen LogP contribution is 2.25. The number of ketones is 1. The first-order valence-electron chi connectivity index (χ1n) is 8.28. The Hall–Kier alpha value is -2.73. The molecular formula is C21H22O5S. The Morgan fingerprint density at radius 1 is 1.07 bits per heavy atom. The van der Waals surface area contributed by atoms with E-state index in [0.29, 0.717) is 17.1 Å². The fraction of sp³-hybridized carbons (Fsp3) is 0.238. The van der Waals surface area contributed by atoms with Crippen molar-refractivity contribution >= 4 is 29.6 Å². The Morgan fingerprint density at radius 3 is 2.41 bits per heavy atom. The number of hydrogen-bond acceptors (Lipinski definition) is 5. The number of carboxylic acid groups (broad SMARTS) is 1. The molecular weight excluding hydrogens is 364 g/mol.